The van der Waals surface area contributed by atoms with Gasteiger partial charge in [0.25, 0.3) is 5.56 Å². The molecule has 1 atom stereocenters. The van der Waals surface area contributed by atoms with E-state index in [1.807, 2.05) is 0 Å². The number of ether oxygens (including phenoxy) is 12. The predicted molar refractivity (Wildman–Crippen MR) is 419 cm³/mol. The fourth-order valence-corrected chi connectivity index (χ4v) is 7.69. The number of rotatable bonds is 25. The monoisotopic (exact) mass is 1800 g/mol. The molecule has 51 heteroatoms. The number of anilines is 2. The first-order chi connectivity index (χ1) is 53.1. The van der Waals surface area contributed by atoms with Gasteiger partial charge in [0.2, 0.25) is 11.9 Å². The summed E-state index contributed by atoms with van der Waals surface area (Å²) < 4.78 is 65.4. The number of H-pyrrole nitrogens is 1. The average molecular weight is 1800 g/mol. The average Bonchev–Trinajstić information content (AvgIpc) is 1.67. The van der Waals surface area contributed by atoms with Crippen molar-refractivity contribution < 1.29 is 158 Å². The molecular formula is C64H109Cl6N15NaO28P. The van der Waals surface area contributed by atoms with Crippen LogP contribution in [0.1, 0.15) is 125 Å². The van der Waals surface area contributed by atoms with Gasteiger partial charge in [0.05, 0.1) is 155 Å². The molecule has 3 aliphatic rings. The van der Waals surface area contributed by atoms with E-state index in [2.05, 4.69) is 96.0 Å². The Labute approximate surface area is 719 Å². The Bertz CT molecular complexity index is 3290. The van der Waals surface area contributed by atoms with Crippen LogP contribution in [0.15, 0.2) is 17.4 Å². The van der Waals surface area contributed by atoms with Gasteiger partial charge in [0, 0.05) is 42.9 Å². The molecule has 0 aromatic carbocycles. The molecule has 656 valence electrons. The van der Waals surface area contributed by atoms with Crippen LogP contribution in [0.5, 0.6) is 0 Å². The number of aromatic amines is 1. The molecule has 1 fully saturated rings. The van der Waals surface area contributed by atoms with Crippen molar-refractivity contribution in [1.82, 2.24) is 44.9 Å². The number of carbonyl (C=O) groups is 13. The summed E-state index contributed by atoms with van der Waals surface area (Å²) >= 11 is 24.5. The summed E-state index contributed by atoms with van der Waals surface area (Å²) in [6.07, 6.45) is -0.626. The summed E-state index contributed by atoms with van der Waals surface area (Å²) in [6.45, 7) is 30.6. The first-order valence-corrected chi connectivity index (χ1v) is 39.5. The maximum Gasteiger partial charge on any atom is 1.00 e. The van der Waals surface area contributed by atoms with Gasteiger partial charge in [-0.1, -0.05) is 25.1 Å². The van der Waals surface area contributed by atoms with E-state index in [-0.39, 0.29) is 206 Å². The molecule has 115 heavy (non-hydrogen) atoms. The molecule has 43 nitrogen and oxygen atoms in total. The zero-order valence-electron chi connectivity index (χ0n) is 66.9. The summed E-state index contributed by atoms with van der Waals surface area (Å²) in [5, 5.41) is 14.8. The van der Waals surface area contributed by atoms with Gasteiger partial charge >= 0.3 is 106 Å². The number of amides is 4. The van der Waals surface area contributed by atoms with Gasteiger partial charge in [-0.25, -0.2) is 43.7 Å². The predicted octanol–water partition coefficient (Wildman–Crippen LogP) is 2.34. The number of nitrogens with one attached hydrogen (secondary N) is 3. The molecule has 0 spiro atoms. The van der Waals surface area contributed by atoms with Crippen LogP contribution in [0.25, 0.3) is 0 Å². The fraction of sp³-hybridized carbons (Fsp3) is 0.625. The molecule has 13 N–H and O–H groups in total. The minimum atomic E-state index is -3.22. The number of hydrogen-bond acceptors (Lipinski definition) is 36. The summed E-state index contributed by atoms with van der Waals surface area (Å²) in [6, 6.07) is 0. The SMILES string of the molecule is C=CC(=O)OCC.CCOC(=O)C1CN(C(=O)OCC)CC1=O.CCOC(=O)CCN(CC(=O)OCC)C(=O)OCC.CCOC(=O)CCNCC(=O)OCC.CCOC(=O)CN.CCOC(=O)Cl.CCOC(=O)N1Cc2nc(N)[nH]c(=O)c2C1.CCOC(=O)N1Cc2nc(N)nc(Cl)c2C1.CC[O-].Cl.N=C(N)N.O=P(Cl)(Cl)Cl.[Na+]. The topological polar surface area (TPSA) is 623 Å². The number of likely N-dealkylation sites (tertiary alicyclic amines) is 1. The molecule has 5 heterocycles. The Hall–Kier alpha value is -8.07. The number of nitrogen functional groups attached to an aromatic ring is 2. The zero-order chi connectivity index (χ0) is 88.2. The molecule has 4 amide bonds. The first-order valence-electron chi connectivity index (χ1n) is 34.3. The van der Waals surface area contributed by atoms with Crippen LogP contribution in [0.2, 0.25) is 5.15 Å². The van der Waals surface area contributed by atoms with Crippen LogP contribution in [-0.4, -0.2) is 255 Å². The Morgan fingerprint density at radius 2 is 0.983 bits per heavy atom. The van der Waals surface area contributed by atoms with Crippen molar-refractivity contribution >= 4 is 170 Å². The number of ketones is 1. The molecule has 0 radical (unpaired) electrons. The van der Waals surface area contributed by atoms with Crippen molar-refractivity contribution in [2.24, 2.45) is 23.1 Å². The molecular weight excluding hydrogens is 1690 g/mol. The maximum absolute atomic E-state index is 11.6. The molecule has 2 aromatic heterocycles. The van der Waals surface area contributed by atoms with Crippen LogP contribution >= 0.6 is 74.5 Å². The van der Waals surface area contributed by atoms with Gasteiger partial charge in [0.1, 0.15) is 17.6 Å². The second-order valence-corrected chi connectivity index (χ2v) is 27.2. The van der Waals surface area contributed by atoms with E-state index >= 15 is 0 Å². The van der Waals surface area contributed by atoms with Crippen molar-refractivity contribution in [1.29, 1.82) is 5.41 Å². The van der Waals surface area contributed by atoms with E-state index in [0.717, 1.165) is 16.5 Å². The van der Waals surface area contributed by atoms with E-state index in [4.69, 9.17) is 88.8 Å². The molecule has 3 aliphatic heterocycles. The number of nitrogens with two attached hydrogens (primary N) is 5. The zero-order valence-corrected chi connectivity index (χ0v) is 74.4. The standard InChI is InChI=1S/C12H21NO6.C10H15NO5.C9H11ClN4O2.C9H12N4O3.C9H17NO4.C5H8O2.C4H9NO2.C3H5ClO2.C2H5O.CH5N3.Cl3OP.ClH.Na/c1-4-17-10(14)7-8-13(12(16)19-6-3)9-11(15)18-5-2;1-3-15-9(13)7-5-11(6-8(7)12)10(14)16-4-2;1-2-16-9(15)14-3-5-6(4-14)12-8(11)13-7(5)10;1-2-16-9(15)13-3-5-6(4-13)11-8(10)12-7(5)14;1-3-13-8(11)5-6-10-7-9(12)14-4-2;1-3-5(6)7-4-2;1-2-7-4(6)3-5;1-2-6-3(4)5;1-2-3;2-1(3)4;1-5(2,3)4;;/h4-9H2,1-3H3;7H,3-6H2,1-2H3;2-4H2,1H3,(H2,11,12,13);2-4H2,1H3,(H3,10,11,12,14);10H,3-7H2,1-2H3;3H,1,4H2,2H3;2-3,5H2,1H3;2H2,1H3;2H2,1H3;(H5,2,3,4);;1H;/q;;;;;;;;-1;;;;+1. The number of esters is 7. The molecule has 1 saturated heterocycles. The van der Waals surface area contributed by atoms with Gasteiger partial charge in [-0.3, -0.25) is 72.9 Å². The third-order valence-electron chi connectivity index (χ3n) is 11.5. The van der Waals surface area contributed by atoms with E-state index in [1.165, 1.54) is 14.7 Å². The third-order valence-corrected chi connectivity index (χ3v) is 11.9. The fourth-order valence-electron chi connectivity index (χ4n) is 7.33. The van der Waals surface area contributed by atoms with Crippen LogP contribution in [-0.2, 0) is 126 Å². The Morgan fingerprint density at radius 3 is 1.37 bits per heavy atom. The van der Waals surface area contributed by atoms with Crippen molar-refractivity contribution in [3.63, 3.8) is 0 Å². The van der Waals surface area contributed by atoms with Crippen LogP contribution < -0.4 is 74.2 Å². The minimum Gasteiger partial charge on any atom is -0.855 e. The number of carbonyl (C=O) groups excluding carboxylic acids is 13. The Morgan fingerprint density at radius 1 is 0.591 bits per heavy atom. The van der Waals surface area contributed by atoms with Gasteiger partial charge in [-0.2, -0.15) is 0 Å². The van der Waals surface area contributed by atoms with Crippen LogP contribution in [0.3, 0.4) is 0 Å². The van der Waals surface area contributed by atoms with Gasteiger partial charge in [0.15, 0.2) is 11.7 Å². The van der Waals surface area contributed by atoms with Gasteiger partial charge < -0.3 is 95.9 Å². The second kappa shape index (κ2) is 77.2. The van der Waals surface area contributed by atoms with E-state index in [9.17, 15) is 71.7 Å². The largest absolute Gasteiger partial charge is 1.00 e. The molecule has 0 bridgehead atoms. The number of aromatic nitrogens is 4. The van der Waals surface area contributed by atoms with Crippen LogP contribution in [0, 0.1) is 11.3 Å². The van der Waals surface area contributed by atoms with Gasteiger partial charge in [-0.15, -0.1) is 19.0 Å². The molecule has 0 aliphatic carbocycles. The maximum atomic E-state index is 11.6. The Kier molecular flexibility index (Phi) is 82.3. The number of fused-ring (bicyclic) bond motifs is 2. The summed E-state index contributed by atoms with van der Waals surface area (Å²) in [5.41, 5.74) is 26.1. The molecule has 0 saturated carbocycles. The third kappa shape index (κ3) is 69.9. The smallest absolute Gasteiger partial charge is 0.855 e. The van der Waals surface area contributed by atoms with E-state index in [0.29, 0.717) is 88.0 Å². The first kappa shape index (κ1) is 123. The number of Topliss-reactive ketones (excluding diaryl/α,β-unsaturated/α-hetero) is 1. The number of guanidine groups is 1. The number of halogens is 6. The van der Waals surface area contributed by atoms with Crippen molar-refractivity contribution in [2.45, 2.75) is 129 Å². The number of hydrogen-bond donors (Lipinski definition) is 8. The molecule has 5 rings (SSSR count). The Balaban J connectivity index is -0.000000189. The molecule has 1 unspecified atom stereocenters. The molecule has 2 aromatic rings. The second-order valence-electron chi connectivity index (χ2n) is 19.9. The van der Waals surface area contributed by atoms with E-state index in [1.54, 1.807) is 90.0 Å². The van der Waals surface area contributed by atoms with Crippen molar-refractivity contribution in [3.8, 4) is 0 Å². The summed E-state index contributed by atoms with van der Waals surface area (Å²) in [7, 11) is 0. The van der Waals surface area contributed by atoms with Gasteiger partial charge in [-0.05, 0) is 117 Å². The van der Waals surface area contributed by atoms with Crippen LogP contribution in [0.4, 0.5) is 35.9 Å². The van der Waals surface area contributed by atoms with E-state index < -0.39 is 52.7 Å². The minimum absolute atomic E-state index is 0. The number of nitrogens with zero attached hydrogens (tertiary/aromatic N) is 7. The summed E-state index contributed by atoms with van der Waals surface area (Å²) in [5.74, 6) is -4.12. The summed E-state index contributed by atoms with van der Waals surface area (Å²) in [4.78, 5) is 174. The normalized spacial score (nSPS) is 11.6. The van der Waals surface area contributed by atoms with Crippen molar-refractivity contribution in [3.05, 3.63) is 50.7 Å². The van der Waals surface area contributed by atoms with Crippen molar-refractivity contribution in [2.75, 3.05) is 143 Å². The quantitative estimate of drug-likeness (QED) is 0.00604.